The van der Waals surface area contributed by atoms with Gasteiger partial charge in [-0.2, -0.15) is 4.98 Å². The number of nitrogens with one attached hydrogen (secondary N) is 2. The number of hydrogen-bond donors (Lipinski definition) is 7. The van der Waals surface area contributed by atoms with E-state index in [9.17, 15) is 30.3 Å². The lowest BCUT2D eigenvalue weighted by molar-refractivity contribution is -0.0767. The van der Waals surface area contributed by atoms with Crippen molar-refractivity contribution in [2.24, 2.45) is 0 Å². The third-order valence-electron chi connectivity index (χ3n) is 8.02. The van der Waals surface area contributed by atoms with Gasteiger partial charge in [-0.15, -0.1) is 0 Å². The Balaban J connectivity index is 1.35. The van der Waals surface area contributed by atoms with Gasteiger partial charge in [0, 0.05) is 6.42 Å². The van der Waals surface area contributed by atoms with Crippen molar-refractivity contribution < 1.29 is 30.3 Å². The third kappa shape index (κ3) is 3.80. The molecule has 0 bridgehead atoms. The second kappa shape index (κ2) is 9.34. The molecule has 2 aliphatic rings. The van der Waals surface area contributed by atoms with Crippen LogP contribution in [-0.4, -0.2) is 76.1 Å². The molecule has 0 amide bonds. The number of aliphatic hydroxyl groups excluding tert-OH is 5. The zero-order chi connectivity index (χ0) is 27.7. The maximum atomic E-state index is 13.0. The van der Waals surface area contributed by atoms with Crippen LogP contribution >= 0.6 is 0 Å². The fourth-order valence-electron chi connectivity index (χ4n) is 5.96. The molecule has 0 unspecified atom stereocenters. The molecule has 12 heteroatoms. The average molecular weight is 546 g/mol. The van der Waals surface area contributed by atoms with Crippen LogP contribution in [0.4, 0.5) is 5.95 Å². The van der Waals surface area contributed by atoms with Crippen LogP contribution in [-0.2, 0) is 4.74 Å². The maximum absolute atomic E-state index is 13.0. The molecule has 7 N–H and O–H groups in total. The van der Waals surface area contributed by atoms with E-state index in [1.54, 1.807) is 6.07 Å². The molecule has 1 aliphatic carbocycles. The molecule has 7 atom stereocenters. The highest BCUT2D eigenvalue weighted by Crippen LogP contribution is 2.43. The number of H-pyrrole nitrogens is 1. The van der Waals surface area contributed by atoms with Crippen LogP contribution in [0.2, 0.25) is 0 Å². The molecule has 7 rings (SSSR count). The van der Waals surface area contributed by atoms with Crippen molar-refractivity contribution >= 4 is 38.7 Å². The van der Waals surface area contributed by atoms with E-state index in [-0.39, 0.29) is 30.1 Å². The van der Waals surface area contributed by atoms with Gasteiger partial charge < -0.3 is 35.6 Å². The number of ether oxygens (including phenoxy) is 1. The third-order valence-corrected chi connectivity index (χ3v) is 8.02. The van der Waals surface area contributed by atoms with Crippen LogP contribution in [0.1, 0.15) is 35.9 Å². The molecule has 206 valence electrons. The molecule has 0 saturated carbocycles. The molecule has 1 saturated heterocycles. The number of benzene rings is 3. The molecular formula is C28H27N5O7. The van der Waals surface area contributed by atoms with E-state index < -0.39 is 48.3 Å². The van der Waals surface area contributed by atoms with Gasteiger partial charge in [0.2, 0.25) is 5.95 Å². The minimum atomic E-state index is -1.49. The molecule has 5 aromatic rings. The van der Waals surface area contributed by atoms with Crippen molar-refractivity contribution in [2.75, 3.05) is 11.9 Å². The molecule has 0 spiro atoms. The largest absolute Gasteiger partial charge is 0.394 e. The monoisotopic (exact) mass is 545 g/mol. The zero-order valence-corrected chi connectivity index (χ0v) is 21.0. The van der Waals surface area contributed by atoms with Gasteiger partial charge in [0.25, 0.3) is 5.56 Å². The van der Waals surface area contributed by atoms with Crippen molar-refractivity contribution in [2.45, 2.75) is 49.2 Å². The van der Waals surface area contributed by atoms with Gasteiger partial charge in [-0.05, 0) is 44.8 Å². The molecule has 3 aromatic carbocycles. The van der Waals surface area contributed by atoms with E-state index in [2.05, 4.69) is 20.3 Å². The van der Waals surface area contributed by atoms with E-state index in [0.29, 0.717) is 11.1 Å². The summed E-state index contributed by atoms with van der Waals surface area (Å²) in [6.45, 7) is -0.360. The number of rotatable bonds is 4. The molecule has 2 aromatic heterocycles. The van der Waals surface area contributed by atoms with Gasteiger partial charge in [-0.3, -0.25) is 14.3 Å². The second-order valence-corrected chi connectivity index (χ2v) is 10.4. The number of anilines is 1. The van der Waals surface area contributed by atoms with Crippen LogP contribution in [0.25, 0.3) is 32.7 Å². The SMILES string of the molecule is O=c1[nH]c(N[C@@H]2c3c(ccc4cc5ccccc5cc34)[C@H](O)[C@@H](O)[C@H]2O)nc2c1ncn2[C@H]1C[C@H](O)[C@@H](CO)O1. The highest BCUT2D eigenvalue weighted by Gasteiger charge is 2.42. The molecular weight excluding hydrogens is 518 g/mol. The Morgan fingerprint density at radius 2 is 1.80 bits per heavy atom. The molecule has 1 aliphatic heterocycles. The van der Waals surface area contributed by atoms with Gasteiger partial charge in [-0.25, -0.2) is 4.98 Å². The first-order valence-electron chi connectivity index (χ1n) is 13.0. The van der Waals surface area contributed by atoms with Crippen molar-refractivity contribution in [3.05, 3.63) is 76.3 Å². The molecule has 3 heterocycles. The summed E-state index contributed by atoms with van der Waals surface area (Å²) in [4.78, 5) is 24.3. The predicted octanol–water partition coefficient (Wildman–Crippen LogP) is 0.989. The Morgan fingerprint density at radius 1 is 1.02 bits per heavy atom. The van der Waals surface area contributed by atoms with Crippen molar-refractivity contribution in [3.63, 3.8) is 0 Å². The Morgan fingerprint density at radius 3 is 2.55 bits per heavy atom. The fraction of sp³-hybridized carbons (Fsp3) is 0.321. The number of imidazole rings is 1. The summed E-state index contributed by atoms with van der Waals surface area (Å²) in [5.74, 6) is 0.00730. The van der Waals surface area contributed by atoms with Crippen molar-refractivity contribution in [3.8, 4) is 0 Å². The second-order valence-electron chi connectivity index (χ2n) is 10.4. The first kappa shape index (κ1) is 25.1. The highest BCUT2D eigenvalue weighted by atomic mass is 16.5. The lowest BCUT2D eigenvalue weighted by Gasteiger charge is -2.38. The van der Waals surface area contributed by atoms with Gasteiger partial charge >= 0.3 is 0 Å². The van der Waals surface area contributed by atoms with E-state index in [1.807, 2.05) is 42.5 Å². The summed E-state index contributed by atoms with van der Waals surface area (Å²) in [5, 5.41) is 59.1. The van der Waals surface area contributed by atoms with Crippen LogP contribution < -0.4 is 10.9 Å². The minimum absolute atomic E-state index is 0.00730. The number of aromatic nitrogens is 4. The van der Waals surface area contributed by atoms with Gasteiger partial charge in [-0.1, -0.05) is 36.4 Å². The fourth-order valence-corrected chi connectivity index (χ4v) is 5.96. The van der Waals surface area contributed by atoms with E-state index in [4.69, 9.17) is 4.74 Å². The van der Waals surface area contributed by atoms with E-state index in [0.717, 1.165) is 21.5 Å². The van der Waals surface area contributed by atoms with Gasteiger partial charge in [0.15, 0.2) is 11.2 Å². The molecule has 0 radical (unpaired) electrons. The molecule has 1 fully saturated rings. The van der Waals surface area contributed by atoms with Gasteiger partial charge in [0.1, 0.15) is 30.6 Å². The maximum Gasteiger partial charge on any atom is 0.280 e. The molecule has 40 heavy (non-hydrogen) atoms. The lowest BCUT2D eigenvalue weighted by atomic mass is 9.79. The minimum Gasteiger partial charge on any atom is -0.394 e. The predicted molar refractivity (Wildman–Crippen MR) is 145 cm³/mol. The van der Waals surface area contributed by atoms with Crippen LogP contribution in [0.15, 0.2) is 59.7 Å². The number of aromatic amines is 1. The summed E-state index contributed by atoms with van der Waals surface area (Å²) in [5.41, 5.74) is 0.719. The average Bonchev–Trinajstić information content (AvgIpc) is 3.55. The van der Waals surface area contributed by atoms with Crippen molar-refractivity contribution in [1.82, 2.24) is 19.5 Å². The number of aliphatic hydroxyl groups is 5. The summed E-state index contributed by atoms with van der Waals surface area (Å²) in [6, 6.07) is 14.5. The standard InChI is InChI=1S/C28H27N5O7/c34-10-18-17(35)9-19(40-18)33-11-29-22-26(33)31-28(32-27(22)39)30-21-20-15(23(36)25(38)24(21)37)6-5-14-7-12-3-1-2-4-13(12)8-16(14)20/h1-8,11,17-19,21,23-25,34-38H,9-10H2,(H2,30,31,32,39)/t17-,18+,19+,21+,23-,24-,25+/m0/s1. The summed E-state index contributed by atoms with van der Waals surface area (Å²) in [7, 11) is 0. The Kier molecular flexibility index (Phi) is 5.85. The summed E-state index contributed by atoms with van der Waals surface area (Å²) < 4.78 is 7.24. The van der Waals surface area contributed by atoms with E-state index in [1.165, 1.54) is 10.9 Å². The topological polar surface area (TPSA) is 186 Å². The summed E-state index contributed by atoms with van der Waals surface area (Å²) in [6.07, 6.45) is -5.05. The zero-order valence-electron chi connectivity index (χ0n) is 21.0. The normalized spacial score (nSPS) is 28.4. The van der Waals surface area contributed by atoms with E-state index >= 15 is 0 Å². The quantitative estimate of drug-likeness (QED) is 0.161. The lowest BCUT2D eigenvalue weighted by Crippen LogP contribution is -2.44. The Bertz CT molecular complexity index is 1820. The van der Waals surface area contributed by atoms with Crippen LogP contribution in [0, 0.1) is 0 Å². The Labute approximate surface area is 226 Å². The van der Waals surface area contributed by atoms with Crippen LogP contribution in [0.3, 0.4) is 0 Å². The first-order chi connectivity index (χ1) is 19.3. The first-order valence-corrected chi connectivity index (χ1v) is 13.0. The summed E-state index contributed by atoms with van der Waals surface area (Å²) >= 11 is 0. The van der Waals surface area contributed by atoms with Crippen LogP contribution in [0.5, 0.6) is 0 Å². The highest BCUT2D eigenvalue weighted by molar-refractivity contribution is 6.00. The Hall–Kier alpha value is -3.91. The van der Waals surface area contributed by atoms with Gasteiger partial charge in [0.05, 0.1) is 25.1 Å². The number of hydrogen-bond acceptors (Lipinski definition) is 10. The van der Waals surface area contributed by atoms with Crippen molar-refractivity contribution in [1.29, 1.82) is 0 Å². The number of fused-ring (bicyclic) bond motifs is 5. The number of nitrogens with zero attached hydrogens (tertiary/aromatic N) is 3. The molecule has 12 nitrogen and oxygen atoms in total. The smallest absolute Gasteiger partial charge is 0.280 e.